The number of ether oxygens (including phenoxy) is 5. The number of rotatable bonds is 15. The molecule has 0 unspecified atom stereocenters. The van der Waals surface area contributed by atoms with Gasteiger partial charge in [0.1, 0.15) is 23.9 Å². The van der Waals surface area contributed by atoms with Gasteiger partial charge in [-0.2, -0.15) is 5.26 Å². The predicted octanol–water partition coefficient (Wildman–Crippen LogP) is 7.46. The first-order valence-corrected chi connectivity index (χ1v) is 17.6. The SMILES string of the molecule is COc1cc(C=CC(=O)N2CCN(Cc3ccc(CCOc4ccc(F)cc4)cc3)CC2)cc(OC)c1Oc1ccc(OCc2ccc(C#N)cc2)cn1. The third-order valence-electron chi connectivity index (χ3n) is 8.89. The van der Waals surface area contributed by atoms with Gasteiger partial charge in [0.15, 0.2) is 11.5 Å². The second-order valence-electron chi connectivity index (χ2n) is 12.6. The lowest BCUT2D eigenvalue weighted by Crippen LogP contribution is -2.47. The smallest absolute Gasteiger partial charge is 0.246 e. The van der Waals surface area contributed by atoms with Gasteiger partial charge in [0, 0.05) is 51.3 Å². The minimum absolute atomic E-state index is 0.0641. The Balaban J connectivity index is 0.967. The number of carbonyl (C=O) groups is 1. The average Bonchev–Trinajstić information content (AvgIpc) is 3.21. The number of benzene rings is 4. The van der Waals surface area contributed by atoms with Crippen molar-refractivity contribution in [2.45, 2.75) is 19.6 Å². The van der Waals surface area contributed by atoms with Crippen molar-refractivity contribution in [3.8, 4) is 40.7 Å². The van der Waals surface area contributed by atoms with Crippen molar-refractivity contribution in [1.29, 1.82) is 5.26 Å². The van der Waals surface area contributed by atoms with Crippen LogP contribution in [0.3, 0.4) is 0 Å². The van der Waals surface area contributed by atoms with Gasteiger partial charge in [0.25, 0.3) is 0 Å². The van der Waals surface area contributed by atoms with Crippen LogP contribution in [0.2, 0.25) is 0 Å². The molecule has 1 amide bonds. The minimum Gasteiger partial charge on any atom is -0.493 e. The Morgan fingerprint density at radius 2 is 1.46 bits per heavy atom. The minimum atomic E-state index is -0.278. The number of piperazine rings is 1. The Labute approximate surface area is 314 Å². The summed E-state index contributed by atoms with van der Waals surface area (Å²) in [6, 6.07) is 30.8. The van der Waals surface area contributed by atoms with Crippen LogP contribution in [0.4, 0.5) is 4.39 Å². The highest BCUT2D eigenvalue weighted by Crippen LogP contribution is 2.41. The Morgan fingerprint density at radius 3 is 2.09 bits per heavy atom. The molecule has 0 N–H and O–H groups in total. The Kier molecular flexibility index (Phi) is 12.7. The summed E-state index contributed by atoms with van der Waals surface area (Å²) < 4.78 is 41.9. The van der Waals surface area contributed by atoms with Crippen molar-refractivity contribution in [2.24, 2.45) is 0 Å². The second-order valence-corrected chi connectivity index (χ2v) is 12.6. The molecular weight excluding hydrogens is 687 g/mol. The standard InChI is InChI=1S/C43H41FN4O6/c1-50-39-25-35(26-40(51-2)43(39)54-41-17-16-38(28-46-41)53-30-34-9-5-32(27-45)6-10-34)11-18-42(49)48-22-20-47(21-23-48)29-33-7-3-31(4-8-33)19-24-52-37-14-12-36(44)13-15-37/h3-18,25-26,28H,19-24,29-30H2,1-2H3. The fourth-order valence-corrected chi connectivity index (χ4v) is 5.84. The van der Waals surface area contributed by atoms with Gasteiger partial charge in [-0.15, -0.1) is 0 Å². The summed E-state index contributed by atoms with van der Waals surface area (Å²) in [5.41, 5.74) is 4.63. The molecule has 10 nitrogen and oxygen atoms in total. The second kappa shape index (κ2) is 18.4. The topological polar surface area (TPSA) is 106 Å². The number of hydrogen-bond acceptors (Lipinski definition) is 9. The highest BCUT2D eigenvalue weighted by Gasteiger charge is 2.20. The van der Waals surface area contributed by atoms with E-state index in [-0.39, 0.29) is 11.7 Å². The van der Waals surface area contributed by atoms with Crippen LogP contribution in [0, 0.1) is 17.1 Å². The molecule has 4 aromatic carbocycles. The molecule has 1 aliphatic heterocycles. The molecule has 11 heteroatoms. The number of carbonyl (C=O) groups excluding carboxylic acids is 1. The zero-order valence-corrected chi connectivity index (χ0v) is 30.2. The van der Waals surface area contributed by atoms with E-state index >= 15 is 0 Å². The molecular formula is C43H41FN4O6. The van der Waals surface area contributed by atoms with E-state index in [1.165, 1.54) is 37.5 Å². The third kappa shape index (κ3) is 10.4. The van der Waals surface area contributed by atoms with Crippen molar-refractivity contribution in [3.63, 3.8) is 0 Å². The molecule has 0 spiro atoms. The van der Waals surface area contributed by atoms with Crippen molar-refractivity contribution in [2.75, 3.05) is 47.0 Å². The van der Waals surface area contributed by atoms with Crippen molar-refractivity contribution < 1.29 is 32.9 Å². The van der Waals surface area contributed by atoms with Gasteiger partial charge >= 0.3 is 0 Å². The summed E-state index contributed by atoms with van der Waals surface area (Å²) in [7, 11) is 3.07. The lowest BCUT2D eigenvalue weighted by atomic mass is 10.1. The largest absolute Gasteiger partial charge is 0.493 e. The number of amides is 1. The van der Waals surface area contributed by atoms with Crippen LogP contribution in [0.1, 0.15) is 27.8 Å². The van der Waals surface area contributed by atoms with Gasteiger partial charge in [-0.05, 0) is 82.9 Å². The molecule has 6 rings (SSSR count). The molecule has 1 saturated heterocycles. The van der Waals surface area contributed by atoms with E-state index < -0.39 is 0 Å². The first-order chi connectivity index (χ1) is 26.4. The Bertz CT molecular complexity index is 2030. The fraction of sp³-hybridized carbons (Fsp3) is 0.233. The lowest BCUT2D eigenvalue weighted by molar-refractivity contribution is -0.127. The van der Waals surface area contributed by atoms with E-state index in [0.717, 1.165) is 31.6 Å². The summed E-state index contributed by atoms with van der Waals surface area (Å²) in [4.78, 5) is 21.7. The molecule has 0 aliphatic carbocycles. The van der Waals surface area contributed by atoms with Crippen LogP contribution in [-0.4, -0.2) is 67.7 Å². The number of aromatic nitrogens is 1. The van der Waals surface area contributed by atoms with Gasteiger partial charge in [-0.3, -0.25) is 9.69 Å². The normalized spacial score (nSPS) is 13.0. The zero-order valence-electron chi connectivity index (χ0n) is 30.2. The van der Waals surface area contributed by atoms with Crippen molar-refractivity contribution >= 4 is 12.0 Å². The molecule has 2 heterocycles. The number of methoxy groups -OCH3 is 2. The number of halogens is 1. The van der Waals surface area contributed by atoms with E-state index in [4.69, 9.17) is 28.9 Å². The highest BCUT2D eigenvalue weighted by molar-refractivity contribution is 5.92. The van der Waals surface area contributed by atoms with Gasteiger partial charge < -0.3 is 28.6 Å². The maximum absolute atomic E-state index is 13.1. The maximum Gasteiger partial charge on any atom is 0.246 e. The van der Waals surface area contributed by atoms with Crippen LogP contribution in [0.25, 0.3) is 6.08 Å². The van der Waals surface area contributed by atoms with E-state index in [1.54, 1.807) is 66.9 Å². The Morgan fingerprint density at radius 1 is 0.815 bits per heavy atom. The molecule has 0 atom stereocenters. The Hall–Kier alpha value is -6.38. The van der Waals surface area contributed by atoms with Gasteiger partial charge in [0.05, 0.1) is 38.7 Å². The average molecular weight is 729 g/mol. The molecule has 1 fully saturated rings. The molecule has 54 heavy (non-hydrogen) atoms. The summed E-state index contributed by atoms with van der Waals surface area (Å²) in [6.07, 6.45) is 5.64. The summed E-state index contributed by atoms with van der Waals surface area (Å²) >= 11 is 0. The van der Waals surface area contributed by atoms with E-state index in [9.17, 15) is 9.18 Å². The van der Waals surface area contributed by atoms with Crippen LogP contribution in [0.5, 0.6) is 34.6 Å². The monoisotopic (exact) mass is 728 g/mol. The molecule has 5 aromatic rings. The molecule has 276 valence electrons. The highest BCUT2D eigenvalue weighted by atomic mass is 19.1. The molecule has 1 aliphatic rings. The van der Waals surface area contributed by atoms with Gasteiger partial charge in [0.2, 0.25) is 17.5 Å². The molecule has 0 bridgehead atoms. The van der Waals surface area contributed by atoms with Gasteiger partial charge in [-0.1, -0.05) is 36.4 Å². The number of hydrogen-bond donors (Lipinski definition) is 0. The van der Waals surface area contributed by atoms with Crippen LogP contribution in [0.15, 0.2) is 109 Å². The third-order valence-corrected chi connectivity index (χ3v) is 8.89. The van der Waals surface area contributed by atoms with Gasteiger partial charge in [-0.25, -0.2) is 9.37 Å². The van der Waals surface area contributed by atoms with E-state index in [2.05, 4.69) is 40.2 Å². The van der Waals surface area contributed by atoms with E-state index in [0.29, 0.717) is 72.1 Å². The quantitative estimate of drug-likeness (QED) is 0.102. The summed E-state index contributed by atoms with van der Waals surface area (Å²) in [5.74, 6) is 2.38. The predicted molar refractivity (Wildman–Crippen MR) is 202 cm³/mol. The number of nitriles is 1. The first-order valence-electron chi connectivity index (χ1n) is 17.6. The molecule has 1 aromatic heterocycles. The van der Waals surface area contributed by atoms with Crippen LogP contribution < -0.4 is 23.7 Å². The molecule has 0 radical (unpaired) electrons. The lowest BCUT2D eigenvalue weighted by Gasteiger charge is -2.34. The number of pyridine rings is 1. The first kappa shape index (κ1) is 37.4. The zero-order chi connectivity index (χ0) is 37.7. The van der Waals surface area contributed by atoms with Crippen molar-refractivity contribution in [3.05, 3.63) is 143 Å². The number of nitrogens with zero attached hydrogens (tertiary/aromatic N) is 4. The van der Waals surface area contributed by atoms with Crippen LogP contribution >= 0.6 is 0 Å². The summed E-state index contributed by atoms with van der Waals surface area (Å²) in [5, 5.41) is 8.97. The molecule has 0 saturated carbocycles. The van der Waals surface area contributed by atoms with Crippen molar-refractivity contribution in [1.82, 2.24) is 14.8 Å². The van der Waals surface area contributed by atoms with Crippen LogP contribution in [-0.2, 0) is 24.4 Å². The fourth-order valence-electron chi connectivity index (χ4n) is 5.84. The maximum atomic E-state index is 13.1. The van der Waals surface area contributed by atoms with E-state index in [1.807, 2.05) is 17.0 Å². The summed E-state index contributed by atoms with van der Waals surface area (Å²) in [6.45, 7) is 4.48.